The summed E-state index contributed by atoms with van der Waals surface area (Å²) in [6.07, 6.45) is 3.70. The molecule has 0 unspecified atom stereocenters. The number of carbonyl (C=O) groups excluding carboxylic acids is 2. The Balaban J connectivity index is 1.74. The molecule has 0 atom stereocenters. The van der Waals surface area contributed by atoms with Crippen molar-refractivity contribution >= 4 is 22.8 Å². The number of amides is 2. The van der Waals surface area contributed by atoms with Crippen LogP contribution in [0.4, 0.5) is 0 Å². The molecule has 138 valence electrons. The van der Waals surface area contributed by atoms with Crippen LogP contribution in [0.1, 0.15) is 20.7 Å². The normalized spacial score (nSPS) is 10.8. The Morgan fingerprint density at radius 2 is 1.57 bits per heavy atom. The van der Waals surface area contributed by atoms with E-state index in [4.69, 9.17) is 5.73 Å². The number of aromatic amines is 1. The first-order chi connectivity index (χ1) is 13.6. The fraction of sp³-hybridized carbons (Fsp3) is 0.0455. The number of rotatable bonds is 4. The van der Waals surface area contributed by atoms with Crippen LogP contribution in [0.3, 0.4) is 0 Å². The second kappa shape index (κ2) is 7.00. The molecule has 4 N–H and O–H groups in total. The first-order valence-corrected chi connectivity index (χ1v) is 8.76. The third kappa shape index (κ3) is 3.12. The summed E-state index contributed by atoms with van der Waals surface area (Å²) in [5.41, 5.74) is 11.0. The highest BCUT2D eigenvalue weighted by Gasteiger charge is 2.11. The number of primary amides is 1. The fourth-order valence-corrected chi connectivity index (χ4v) is 3.17. The predicted octanol–water partition coefficient (Wildman–Crippen LogP) is 3.36. The van der Waals surface area contributed by atoms with Crippen LogP contribution in [0.2, 0.25) is 0 Å². The number of hydrogen-bond donors (Lipinski definition) is 3. The fourth-order valence-electron chi connectivity index (χ4n) is 3.17. The Bertz CT molecular complexity index is 1180. The van der Waals surface area contributed by atoms with Crippen LogP contribution in [0.25, 0.3) is 33.3 Å². The average Bonchev–Trinajstić information content (AvgIpc) is 3.16. The Kier molecular flexibility index (Phi) is 4.37. The second-order valence-electron chi connectivity index (χ2n) is 6.42. The van der Waals surface area contributed by atoms with E-state index in [-0.39, 0.29) is 5.91 Å². The molecule has 28 heavy (non-hydrogen) atoms. The number of fused-ring (bicyclic) bond motifs is 1. The first kappa shape index (κ1) is 17.5. The molecule has 0 saturated carbocycles. The van der Waals surface area contributed by atoms with E-state index >= 15 is 0 Å². The molecule has 0 bridgehead atoms. The lowest BCUT2D eigenvalue weighted by atomic mass is 10.0. The van der Waals surface area contributed by atoms with Gasteiger partial charge in [-0.25, -0.2) is 4.98 Å². The zero-order valence-electron chi connectivity index (χ0n) is 15.2. The molecule has 0 fully saturated rings. The molecule has 4 aromatic rings. The van der Waals surface area contributed by atoms with Gasteiger partial charge in [-0.3, -0.25) is 9.59 Å². The summed E-state index contributed by atoms with van der Waals surface area (Å²) in [5, 5.41) is 3.59. The van der Waals surface area contributed by atoms with Crippen LogP contribution in [0.15, 0.2) is 67.0 Å². The van der Waals surface area contributed by atoms with Gasteiger partial charge < -0.3 is 16.0 Å². The van der Waals surface area contributed by atoms with Gasteiger partial charge in [-0.1, -0.05) is 24.3 Å². The number of benzene rings is 2. The Morgan fingerprint density at radius 1 is 0.929 bits per heavy atom. The molecular weight excluding hydrogens is 352 g/mol. The molecule has 2 heterocycles. The molecule has 4 rings (SSSR count). The van der Waals surface area contributed by atoms with Gasteiger partial charge in [-0.05, 0) is 41.5 Å². The molecule has 6 heteroatoms. The summed E-state index contributed by atoms with van der Waals surface area (Å²) in [4.78, 5) is 30.7. The van der Waals surface area contributed by atoms with Gasteiger partial charge in [0, 0.05) is 47.1 Å². The maximum absolute atomic E-state index is 11.7. The molecule has 6 nitrogen and oxygen atoms in total. The number of nitrogens with one attached hydrogen (secondary N) is 2. The zero-order valence-corrected chi connectivity index (χ0v) is 15.2. The molecule has 0 aliphatic carbocycles. The van der Waals surface area contributed by atoms with Gasteiger partial charge in [0.1, 0.15) is 5.65 Å². The van der Waals surface area contributed by atoms with Crippen molar-refractivity contribution in [3.05, 3.63) is 78.1 Å². The van der Waals surface area contributed by atoms with E-state index in [9.17, 15) is 9.59 Å². The minimum Gasteiger partial charge on any atom is -0.366 e. The van der Waals surface area contributed by atoms with Crippen LogP contribution in [-0.2, 0) is 0 Å². The lowest BCUT2D eigenvalue weighted by Crippen LogP contribution is -2.17. The largest absolute Gasteiger partial charge is 0.366 e. The topological polar surface area (TPSA) is 101 Å². The van der Waals surface area contributed by atoms with Crippen molar-refractivity contribution in [3.8, 4) is 22.3 Å². The second-order valence-corrected chi connectivity index (χ2v) is 6.42. The van der Waals surface area contributed by atoms with Crippen molar-refractivity contribution in [3.63, 3.8) is 0 Å². The van der Waals surface area contributed by atoms with Gasteiger partial charge in [0.15, 0.2) is 0 Å². The first-order valence-electron chi connectivity index (χ1n) is 8.76. The summed E-state index contributed by atoms with van der Waals surface area (Å²) >= 11 is 0. The summed E-state index contributed by atoms with van der Waals surface area (Å²) in [6.45, 7) is 0. The summed E-state index contributed by atoms with van der Waals surface area (Å²) < 4.78 is 0. The molecule has 0 aliphatic heterocycles. The van der Waals surface area contributed by atoms with Crippen molar-refractivity contribution in [2.24, 2.45) is 5.73 Å². The Labute approximate surface area is 161 Å². The molecule has 0 spiro atoms. The minimum absolute atomic E-state index is 0.117. The van der Waals surface area contributed by atoms with Crippen molar-refractivity contribution < 1.29 is 9.59 Å². The number of aromatic nitrogens is 2. The van der Waals surface area contributed by atoms with E-state index in [0.29, 0.717) is 11.1 Å². The number of pyridine rings is 1. The zero-order chi connectivity index (χ0) is 19.7. The highest BCUT2D eigenvalue weighted by atomic mass is 16.1. The SMILES string of the molecule is CNC(=O)c1ccc(-c2c[nH]c3ncc(-c4ccc(C(N)=O)cc4)cc23)cc1. The summed E-state index contributed by atoms with van der Waals surface area (Å²) in [6, 6.07) is 16.6. The highest BCUT2D eigenvalue weighted by Crippen LogP contribution is 2.31. The van der Waals surface area contributed by atoms with Crippen molar-refractivity contribution in [1.82, 2.24) is 15.3 Å². The van der Waals surface area contributed by atoms with Crippen molar-refractivity contribution in [2.75, 3.05) is 7.05 Å². The van der Waals surface area contributed by atoms with E-state index < -0.39 is 5.91 Å². The maximum atomic E-state index is 11.7. The number of hydrogen-bond acceptors (Lipinski definition) is 3. The standard InChI is InChI=1S/C22H18N4O2/c1-24-22(28)16-8-4-14(5-9-16)19-12-26-21-18(19)10-17(11-25-21)13-2-6-15(7-3-13)20(23)27/h2-12H,1H3,(H2,23,27)(H,24,28)(H,25,26). The number of H-pyrrole nitrogens is 1. The average molecular weight is 370 g/mol. The third-order valence-electron chi connectivity index (χ3n) is 4.72. The molecule has 2 amide bonds. The smallest absolute Gasteiger partial charge is 0.251 e. The van der Waals surface area contributed by atoms with Crippen LogP contribution < -0.4 is 11.1 Å². The molecule has 0 saturated heterocycles. The van der Waals surface area contributed by atoms with Gasteiger partial charge >= 0.3 is 0 Å². The Morgan fingerprint density at radius 3 is 2.21 bits per heavy atom. The van der Waals surface area contributed by atoms with E-state index in [0.717, 1.165) is 33.3 Å². The molecule has 2 aromatic heterocycles. The predicted molar refractivity (Wildman–Crippen MR) is 109 cm³/mol. The van der Waals surface area contributed by atoms with E-state index in [1.165, 1.54) is 0 Å². The number of carbonyl (C=O) groups is 2. The van der Waals surface area contributed by atoms with Gasteiger partial charge in [-0.15, -0.1) is 0 Å². The van der Waals surface area contributed by atoms with Crippen LogP contribution in [-0.4, -0.2) is 28.8 Å². The molecule has 0 aliphatic rings. The van der Waals surface area contributed by atoms with Crippen LogP contribution in [0, 0.1) is 0 Å². The van der Waals surface area contributed by atoms with E-state index in [1.807, 2.05) is 30.5 Å². The minimum atomic E-state index is -0.451. The lowest BCUT2D eigenvalue weighted by molar-refractivity contribution is 0.0961. The summed E-state index contributed by atoms with van der Waals surface area (Å²) in [7, 11) is 1.61. The Hall–Kier alpha value is -3.93. The monoisotopic (exact) mass is 370 g/mol. The summed E-state index contributed by atoms with van der Waals surface area (Å²) in [5.74, 6) is -0.568. The lowest BCUT2D eigenvalue weighted by Gasteiger charge is -2.05. The van der Waals surface area contributed by atoms with Crippen molar-refractivity contribution in [1.29, 1.82) is 0 Å². The van der Waals surface area contributed by atoms with Crippen LogP contribution in [0.5, 0.6) is 0 Å². The van der Waals surface area contributed by atoms with Crippen LogP contribution >= 0.6 is 0 Å². The maximum Gasteiger partial charge on any atom is 0.251 e. The van der Waals surface area contributed by atoms with Crippen molar-refractivity contribution in [2.45, 2.75) is 0 Å². The molecular formula is C22H18N4O2. The molecule has 2 aromatic carbocycles. The number of nitrogens with two attached hydrogens (primary N) is 1. The highest BCUT2D eigenvalue weighted by molar-refractivity contribution is 5.98. The van der Waals surface area contributed by atoms with Gasteiger partial charge in [0.05, 0.1) is 0 Å². The van der Waals surface area contributed by atoms with Gasteiger partial charge in [-0.2, -0.15) is 0 Å². The molecule has 0 radical (unpaired) electrons. The van der Waals surface area contributed by atoms with Gasteiger partial charge in [0.2, 0.25) is 5.91 Å². The number of nitrogens with zero attached hydrogens (tertiary/aromatic N) is 1. The quantitative estimate of drug-likeness (QED) is 0.513. The van der Waals surface area contributed by atoms with Gasteiger partial charge in [0.25, 0.3) is 5.91 Å². The van der Waals surface area contributed by atoms with E-state index in [2.05, 4.69) is 21.4 Å². The van der Waals surface area contributed by atoms with E-state index in [1.54, 1.807) is 37.5 Å². The third-order valence-corrected chi connectivity index (χ3v) is 4.72.